The molecule has 0 atom stereocenters. The second-order valence-corrected chi connectivity index (χ2v) is 4.53. The molecule has 20 heavy (non-hydrogen) atoms. The minimum Gasteiger partial charge on any atom is -0.497 e. The number of rotatable bonds is 3. The van der Waals surface area contributed by atoms with E-state index in [-0.39, 0.29) is 0 Å². The average Bonchev–Trinajstić information content (AvgIpc) is 2.97. The predicted octanol–water partition coefficient (Wildman–Crippen LogP) is 3.25. The molecule has 0 N–H and O–H groups in total. The Labute approximate surface area is 117 Å². The number of hydrogen-bond donors (Lipinski definition) is 0. The Kier molecular flexibility index (Phi) is 3.21. The summed E-state index contributed by atoms with van der Waals surface area (Å²) in [5, 5.41) is 8.87. The van der Waals surface area contributed by atoms with Crippen LogP contribution in [-0.4, -0.2) is 22.1 Å². The van der Waals surface area contributed by atoms with Crippen molar-refractivity contribution in [3.63, 3.8) is 0 Å². The maximum Gasteiger partial charge on any atom is 0.118 e. The van der Waals surface area contributed by atoms with Crippen molar-refractivity contribution in [2.24, 2.45) is 0 Å². The molecule has 1 heterocycles. The predicted molar refractivity (Wildman–Crippen MR) is 78.1 cm³/mol. The van der Waals surface area contributed by atoms with E-state index in [9.17, 15) is 0 Å². The van der Waals surface area contributed by atoms with Gasteiger partial charge in [-0.15, -0.1) is 5.10 Å². The van der Waals surface area contributed by atoms with Gasteiger partial charge in [0.2, 0.25) is 0 Å². The highest BCUT2D eigenvalue weighted by molar-refractivity contribution is 5.59. The second-order valence-electron chi connectivity index (χ2n) is 4.53. The van der Waals surface area contributed by atoms with Crippen molar-refractivity contribution in [2.45, 2.75) is 6.92 Å². The van der Waals surface area contributed by atoms with Crippen molar-refractivity contribution in [1.82, 2.24) is 15.0 Å². The summed E-state index contributed by atoms with van der Waals surface area (Å²) in [5.41, 5.74) is 4.00. The lowest BCUT2D eigenvalue weighted by atomic mass is 10.2. The molecule has 0 aliphatic heterocycles. The topological polar surface area (TPSA) is 39.9 Å². The zero-order chi connectivity index (χ0) is 13.9. The zero-order valence-corrected chi connectivity index (χ0v) is 11.4. The standard InChI is InChI=1S/C16H15N3O/c1-12-5-3-4-6-16(12)19-17-11-15(18-19)13-7-9-14(20-2)10-8-13/h3-11H,1-2H3. The second kappa shape index (κ2) is 5.17. The molecule has 0 saturated heterocycles. The minimum absolute atomic E-state index is 0.833. The first-order valence-electron chi connectivity index (χ1n) is 6.41. The Hall–Kier alpha value is -2.62. The third-order valence-electron chi connectivity index (χ3n) is 3.21. The molecule has 2 aromatic carbocycles. The Balaban J connectivity index is 1.95. The number of benzene rings is 2. The number of ether oxygens (including phenoxy) is 1. The molecule has 0 spiro atoms. The first kappa shape index (κ1) is 12.4. The summed E-state index contributed by atoms with van der Waals surface area (Å²) >= 11 is 0. The minimum atomic E-state index is 0.833. The summed E-state index contributed by atoms with van der Waals surface area (Å²) < 4.78 is 5.15. The molecule has 0 amide bonds. The van der Waals surface area contributed by atoms with Gasteiger partial charge in [0, 0.05) is 5.56 Å². The Morgan fingerprint density at radius 1 is 1.00 bits per heavy atom. The first-order chi connectivity index (χ1) is 9.78. The van der Waals surface area contributed by atoms with Crippen LogP contribution >= 0.6 is 0 Å². The molecule has 4 nitrogen and oxygen atoms in total. The first-order valence-corrected chi connectivity index (χ1v) is 6.41. The van der Waals surface area contributed by atoms with Gasteiger partial charge < -0.3 is 4.74 Å². The van der Waals surface area contributed by atoms with Crippen molar-refractivity contribution < 1.29 is 4.74 Å². The Bertz CT molecular complexity index is 717. The number of nitrogens with zero attached hydrogens (tertiary/aromatic N) is 3. The van der Waals surface area contributed by atoms with Crippen LogP contribution in [0.25, 0.3) is 16.9 Å². The van der Waals surface area contributed by atoms with Gasteiger partial charge in [0.15, 0.2) is 0 Å². The van der Waals surface area contributed by atoms with E-state index in [0.29, 0.717) is 0 Å². The fraction of sp³-hybridized carbons (Fsp3) is 0.125. The lowest BCUT2D eigenvalue weighted by Gasteiger charge is -2.03. The van der Waals surface area contributed by atoms with Crippen LogP contribution < -0.4 is 4.74 Å². The van der Waals surface area contributed by atoms with Crippen LogP contribution in [0.3, 0.4) is 0 Å². The van der Waals surface area contributed by atoms with Crippen LogP contribution in [0, 0.1) is 6.92 Å². The van der Waals surface area contributed by atoms with Gasteiger partial charge in [0.25, 0.3) is 0 Å². The van der Waals surface area contributed by atoms with Gasteiger partial charge in [-0.25, -0.2) is 0 Å². The normalized spacial score (nSPS) is 10.5. The molecule has 100 valence electrons. The smallest absolute Gasteiger partial charge is 0.118 e. The molecule has 0 fully saturated rings. The van der Waals surface area contributed by atoms with E-state index in [1.807, 2.05) is 55.5 Å². The molecule has 1 aromatic heterocycles. The summed E-state index contributed by atoms with van der Waals surface area (Å²) in [7, 11) is 1.66. The number of para-hydroxylation sites is 1. The molecule has 0 aliphatic rings. The van der Waals surface area contributed by atoms with E-state index in [2.05, 4.69) is 10.2 Å². The number of hydrogen-bond acceptors (Lipinski definition) is 3. The van der Waals surface area contributed by atoms with Crippen LogP contribution in [0.1, 0.15) is 5.56 Å². The van der Waals surface area contributed by atoms with Crippen molar-refractivity contribution in [1.29, 1.82) is 0 Å². The summed E-state index contributed by atoms with van der Waals surface area (Å²) in [4.78, 5) is 1.66. The monoisotopic (exact) mass is 265 g/mol. The number of methoxy groups -OCH3 is 1. The largest absolute Gasteiger partial charge is 0.497 e. The summed E-state index contributed by atoms with van der Waals surface area (Å²) in [6.45, 7) is 2.05. The van der Waals surface area contributed by atoms with Crippen molar-refractivity contribution >= 4 is 0 Å². The summed E-state index contributed by atoms with van der Waals surface area (Å²) in [5.74, 6) is 0.833. The van der Waals surface area contributed by atoms with Crippen LogP contribution in [0.2, 0.25) is 0 Å². The van der Waals surface area contributed by atoms with Gasteiger partial charge in [-0.3, -0.25) is 0 Å². The van der Waals surface area contributed by atoms with E-state index in [1.54, 1.807) is 18.1 Å². The third-order valence-corrected chi connectivity index (χ3v) is 3.21. The van der Waals surface area contributed by atoms with Gasteiger partial charge in [0.1, 0.15) is 11.4 Å². The number of aromatic nitrogens is 3. The maximum atomic E-state index is 5.15. The van der Waals surface area contributed by atoms with E-state index in [1.165, 1.54) is 0 Å². The molecule has 0 saturated carbocycles. The van der Waals surface area contributed by atoms with E-state index in [0.717, 1.165) is 28.3 Å². The maximum absolute atomic E-state index is 5.15. The van der Waals surface area contributed by atoms with Crippen LogP contribution in [0.5, 0.6) is 5.75 Å². The average molecular weight is 265 g/mol. The third kappa shape index (κ3) is 2.28. The van der Waals surface area contributed by atoms with E-state index < -0.39 is 0 Å². The molecular weight excluding hydrogens is 250 g/mol. The molecule has 0 aliphatic carbocycles. The molecule has 0 bridgehead atoms. The Morgan fingerprint density at radius 3 is 2.45 bits per heavy atom. The fourth-order valence-electron chi connectivity index (χ4n) is 2.06. The van der Waals surface area contributed by atoms with Gasteiger partial charge in [-0.05, 0) is 42.8 Å². The SMILES string of the molecule is COc1ccc(-c2cnn(-c3ccccc3C)n2)cc1. The lowest BCUT2D eigenvalue weighted by Crippen LogP contribution is -2.00. The highest BCUT2D eigenvalue weighted by Gasteiger charge is 2.07. The van der Waals surface area contributed by atoms with Gasteiger partial charge in [0.05, 0.1) is 19.0 Å². The molecule has 4 heteroatoms. The van der Waals surface area contributed by atoms with Crippen LogP contribution in [0.4, 0.5) is 0 Å². The van der Waals surface area contributed by atoms with Gasteiger partial charge >= 0.3 is 0 Å². The Morgan fingerprint density at radius 2 is 1.75 bits per heavy atom. The van der Waals surface area contributed by atoms with Gasteiger partial charge in [-0.1, -0.05) is 18.2 Å². The van der Waals surface area contributed by atoms with Crippen LogP contribution in [-0.2, 0) is 0 Å². The highest BCUT2D eigenvalue weighted by atomic mass is 16.5. The van der Waals surface area contributed by atoms with E-state index >= 15 is 0 Å². The summed E-state index contributed by atoms with van der Waals surface area (Å²) in [6, 6.07) is 15.8. The molecule has 0 unspecified atom stereocenters. The zero-order valence-electron chi connectivity index (χ0n) is 11.4. The van der Waals surface area contributed by atoms with Gasteiger partial charge in [-0.2, -0.15) is 9.90 Å². The van der Waals surface area contributed by atoms with Crippen molar-refractivity contribution in [3.05, 3.63) is 60.3 Å². The van der Waals surface area contributed by atoms with Crippen LogP contribution in [0.15, 0.2) is 54.7 Å². The number of aryl methyl sites for hydroxylation is 1. The molecule has 0 radical (unpaired) electrons. The lowest BCUT2D eigenvalue weighted by molar-refractivity contribution is 0.415. The van der Waals surface area contributed by atoms with E-state index in [4.69, 9.17) is 4.74 Å². The molecular formula is C16H15N3O. The quantitative estimate of drug-likeness (QED) is 0.729. The van der Waals surface area contributed by atoms with Crippen molar-refractivity contribution in [2.75, 3.05) is 7.11 Å². The fourth-order valence-corrected chi connectivity index (χ4v) is 2.06. The molecule has 3 rings (SSSR count). The van der Waals surface area contributed by atoms with Crippen molar-refractivity contribution in [3.8, 4) is 22.7 Å². The molecule has 3 aromatic rings. The summed E-state index contributed by atoms with van der Waals surface area (Å²) in [6.07, 6.45) is 1.77. The highest BCUT2D eigenvalue weighted by Crippen LogP contribution is 2.21.